The van der Waals surface area contributed by atoms with Crippen LogP contribution >= 0.6 is 0 Å². The molecular weight excluding hydrogens is 371 g/mol. The van der Waals surface area contributed by atoms with Crippen molar-refractivity contribution in [2.45, 2.75) is 32.1 Å². The number of amides is 1. The number of methoxy groups -OCH3 is 1. The van der Waals surface area contributed by atoms with Crippen LogP contribution in [0, 0.1) is 5.82 Å². The van der Waals surface area contributed by atoms with Crippen LogP contribution in [-0.2, 0) is 17.6 Å². The maximum atomic E-state index is 12.9. The van der Waals surface area contributed by atoms with E-state index in [9.17, 15) is 14.0 Å². The number of fused-ring (bicyclic) bond motifs is 1. The molecule has 152 valence electrons. The zero-order valence-electron chi connectivity index (χ0n) is 16.5. The molecule has 6 heteroatoms. The fourth-order valence-electron chi connectivity index (χ4n) is 3.21. The third-order valence-corrected chi connectivity index (χ3v) is 4.88. The highest BCUT2D eigenvalue weighted by atomic mass is 19.1. The first-order chi connectivity index (χ1) is 14.0. The zero-order valence-corrected chi connectivity index (χ0v) is 16.5. The van der Waals surface area contributed by atoms with Gasteiger partial charge in [-0.05, 0) is 67.0 Å². The van der Waals surface area contributed by atoms with Gasteiger partial charge in [0.15, 0.2) is 0 Å². The molecule has 0 aliphatic carbocycles. The van der Waals surface area contributed by atoms with Gasteiger partial charge in [0.05, 0.1) is 12.6 Å². The second-order valence-electron chi connectivity index (χ2n) is 7.01. The number of aromatic nitrogens is 1. The van der Waals surface area contributed by atoms with E-state index in [1.54, 1.807) is 25.3 Å². The second-order valence-corrected chi connectivity index (χ2v) is 7.01. The number of pyridine rings is 1. The third kappa shape index (κ3) is 5.91. The van der Waals surface area contributed by atoms with Crippen LogP contribution in [0.25, 0.3) is 10.9 Å². The number of halogens is 1. The Kier molecular flexibility index (Phi) is 7.00. The van der Waals surface area contributed by atoms with Gasteiger partial charge in [0, 0.05) is 24.6 Å². The van der Waals surface area contributed by atoms with Gasteiger partial charge in [-0.3, -0.25) is 9.59 Å². The summed E-state index contributed by atoms with van der Waals surface area (Å²) in [4.78, 5) is 27.2. The molecule has 1 amide bonds. The van der Waals surface area contributed by atoms with E-state index in [1.165, 1.54) is 12.1 Å². The van der Waals surface area contributed by atoms with E-state index in [4.69, 9.17) is 4.74 Å². The smallest absolute Gasteiger partial charge is 0.251 e. The van der Waals surface area contributed by atoms with Gasteiger partial charge in [-0.15, -0.1) is 0 Å². The lowest BCUT2D eigenvalue weighted by atomic mass is 10.1. The van der Waals surface area contributed by atoms with Crippen molar-refractivity contribution < 1.29 is 13.9 Å². The number of nitrogens with one attached hydrogen (secondary N) is 2. The number of ether oxygens (including phenoxy) is 1. The van der Waals surface area contributed by atoms with Gasteiger partial charge < -0.3 is 15.0 Å². The highest BCUT2D eigenvalue weighted by molar-refractivity contribution is 5.81. The molecule has 0 atom stereocenters. The van der Waals surface area contributed by atoms with Crippen molar-refractivity contribution in [3.8, 4) is 5.75 Å². The van der Waals surface area contributed by atoms with Crippen molar-refractivity contribution in [2.75, 3.05) is 13.7 Å². The minimum absolute atomic E-state index is 0.0685. The van der Waals surface area contributed by atoms with Crippen molar-refractivity contribution in [3.63, 3.8) is 0 Å². The summed E-state index contributed by atoms with van der Waals surface area (Å²) in [6.07, 6.45) is 3.27. The number of H-pyrrole nitrogens is 1. The molecule has 0 radical (unpaired) electrons. The van der Waals surface area contributed by atoms with Gasteiger partial charge >= 0.3 is 0 Å². The van der Waals surface area contributed by atoms with Gasteiger partial charge in [-0.1, -0.05) is 12.1 Å². The number of unbranched alkanes of at least 4 members (excludes halogenated alkanes) is 1. The molecule has 3 rings (SSSR count). The average molecular weight is 396 g/mol. The summed E-state index contributed by atoms with van der Waals surface area (Å²) >= 11 is 0. The van der Waals surface area contributed by atoms with E-state index < -0.39 is 0 Å². The van der Waals surface area contributed by atoms with Crippen molar-refractivity contribution in [1.82, 2.24) is 10.3 Å². The Morgan fingerprint density at radius 2 is 1.86 bits per heavy atom. The summed E-state index contributed by atoms with van der Waals surface area (Å²) in [5, 5.41) is 3.80. The monoisotopic (exact) mass is 396 g/mol. The maximum absolute atomic E-state index is 12.9. The zero-order chi connectivity index (χ0) is 20.6. The number of aromatic amines is 1. The van der Waals surface area contributed by atoms with Gasteiger partial charge in [-0.25, -0.2) is 4.39 Å². The number of carbonyl (C=O) groups excluding carboxylic acids is 1. The molecule has 0 bridgehead atoms. The number of carbonyl (C=O) groups is 1. The summed E-state index contributed by atoms with van der Waals surface area (Å²) < 4.78 is 18.0. The molecule has 0 spiro atoms. The van der Waals surface area contributed by atoms with E-state index in [0.717, 1.165) is 30.2 Å². The molecule has 29 heavy (non-hydrogen) atoms. The molecule has 3 aromatic rings. The van der Waals surface area contributed by atoms with Crippen LogP contribution < -0.4 is 15.6 Å². The molecule has 0 saturated carbocycles. The Morgan fingerprint density at radius 1 is 1.07 bits per heavy atom. The standard InChI is InChI=1S/C23H25FN2O3/c1-29-20-11-7-17-14-18(23(28)26-21(17)15-20)8-12-22(27)25-13-3-2-4-16-5-9-19(24)10-6-16/h5-7,9-11,14-15H,2-4,8,12-13H2,1H3,(H,25,27)(H,26,28). The number of benzene rings is 2. The van der Waals surface area contributed by atoms with Crippen molar-refractivity contribution >= 4 is 16.8 Å². The van der Waals surface area contributed by atoms with Crippen molar-refractivity contribution in [1.29, 1.82) is 0 Å². The van der Waals surface area contributed by atoms with Crippen LogP contribution in [0.2, 0.25) is 0 Å². The molecule has 0 unspecified atom stereocenters. The first kappa shape index (κ1) is 20.6. The van der Waals surface area contributed by atoms with Gasteiger partial charge in [0.1, 0.15) is 11.6 Å². The van der Waals surface area contributed by atoms with Crippen LogP contribution in [0.15, 0.2) is 53.3 Å². The molecule has 0 aliphatic rings. The van der Waals surface area contributed by atoms with E-state index in [0.29, 0.717) is 29.8 Å². The highest BCUT2D eigenvalue weighted by Gasteiger charge is 2.07. The van der Waals surface area contributed by atoms with E-state index >= 15 is 0 Å². The second kappa shape index (κ2) is 9.87. The SMILES string of the molecule is COc1ccc2cc(CCC(=O)NCCCCc3ccc(F)cc3)c(=O)[nH]c2c1. The van der Waals surface area contributed by atoms with E-state index in [2.05, 4.69) is 10.3 Å². The van der Waals surface area contributed by atoms with Crippen LogP contribution in [0.4, 0.5) is 4.39 Å². The van der Waals surface area contributed by atoms with Gasteiger partial charge in [0.25, 0.3) is 5.56 Å². The lowest BCUT2D eigenvalue weighted by Crippen LogP contribution is -2.25. The quantitative estimate of drug-likeness (QED) is 0.541. The maximum Gasteiger partial charge on any atom is 0.251 e. The summed E-state index contributed by atoms with van der Waals surface area (Å²) in [7, 11) is 1.58. The average Bonchev–Trinajstić information content (AvgIpc) is 2.73. The molecular formula is C23H25FN2O3. The largest absolute Gasteiger partial charge is 0.497 e. The Balaban J connectivity index is 1.42. The Labute approximate surface area is 168 Å². The minimum atomic E-state index is -0.231. The van der Waals surface area contributed by atoms with Crippen LogP contribution in [0.1, 0.15) is 30.4 Å². The normalized spacial score (nSPS) is 10.8. The number of aryl methyl sites for hydroxylation is 2. The lowest BCUT2D eigenvalue weighted by molar-refractivity contribution is -0.121. The Morgan fingerprint density at radius 3 is 2.62 bits per heavy atom. The first-order valence-electron chi connectivity index (χ1n) is 9.76. The number of rotatable bonds is 9. The number of hydrogen-bond donors (Lipinski definition) is 2. The third-order valence-electron chi connectivity index (χ3n) is 4.88. The summed E-state index contributed by atoms with van der Waals surface area (Å²) in [5.74, 6) is 0.381. The molecule has 0 aliphatic heterocycles. The predicted octanol–water partition coefficient (Wildman–Crippen LogP) is 3.75. The topological polar surface area (TPSA) is 71.2 Å². The van der Waals surface area contributed by atoms with Gasteiger partial charge in [0.2, 0.25) is 5.91 Å². The predicted molar refractivity (Wildman–Crippen MR) is 112 cm³/mol. The summed E-state index contributed by atoms with van der Waals surface area (Å²) in [5.41, 5.74) is 2.21. The Hall–Kier alpha value is -3.15. The van der Waals surface area contributed by atoms with Crippen molar-refractivity contribution in [2.24, 2.45) is 0 Å². The Bertz CT molecular complexity index is 1030. The molecule has 2 aromatic carbocycles. The fraction of sp³-hybridized carbons (Fsp3) is 0.304. The van der Waals surface area contributed by atoms with Gasteiger partial charge in [-0.2, -0.15) is 0 Å². The molecule has 0 saturated heterocycles. The summed E-state index contributed by atoms with van der Waals surface area (Å²) in [6, 6.07) is 13.8. The van der Waals surface area contributed by atoms with Crippen LogP contribution in [0.5, 0.6) is 5.75 Å². The highest BCUT2D eigenvalue weighted by Crippen LogP contribution is 2.18. The fourth-order valence-corrected chi connectivity index (χ4v) is 3.21. The van der Waals surface area contributed by atoms with E-state index in [1.807, 2.05) is 18.2 Å². The summed E-state index contributed by atoms with van der Waals surface area (Å²) in [6.45, 7) is 0.591. The molecule has 0 fully saturated rings. The van der Waals surface area contributed by atoms with Crippen LogP contribution in [-0.4, -0.2) is 24.5 Å². The lowest BCUT2D eigenvalue weighted by Gasteiger charge is -2.07. The van der Waals surface area contributed by atoms with Crippen molar-refractivity contribution in [3.05, 3.63) is 75.8 Å². The minimum Gasteiger partial charge on any atom is -0.497 e. The first-order valence-corrected chi connectivity index (χ1v) is 9.76. The molecule has 2 N–H and O–H groups in total. The van der Waals surface area contributed by atoms with Crippen LogP contribution in [0.3, 0.4) is 0 Å². The molecule has 1 aromatic heterocycles. The molecule has 5 nitrogen and oxygen atoms in total. The number of hydrogen-bond acceptors (Lipinski definition) is 3. The van der Waals surface area contributed by atoms with E-state index in [-0.39, 0.29) is 23.7 Å². The molecule has 1 heterocycles.